The number of hydrogen-bond donors (Lipinski definition) is 3. The predicted molar refractivity (Wildman–Crippen MR) is 113 cm³/mol. The summed E-state index contributed by atoms with van der Waals surface area (Å²) in [7, 11) is 0. The molecule has 0 aliphatic carbocycles. The van der Waals surface area contributed by atoms with Crippen molar-refractivity contribution < 1.29 is 14.5 Å². The number of thiophene rings is 1. The summed E-state index contributed by atoms with van der Waals surface area (Å²) in [6.45, 7) is 0.852. The summed E-state index contributed by atoms with van der Waals surface area (Å²) in [5.74, 6) is -0.416. The summed E-state index contributed by atoms with van der Waals surface area (Å²) >= 11 is 1.36. The number of amides is 2. The first kappa shape index (κ1) is 20.0. The topological polar surface area (TPSA) is 113 Å². The lowest BCUT2D eigenvalue weighted by atomic mass is 10.2. The Morgan fingerprint density at radius 2 is 1.59 bits per heavy atom. The van der Waals surface area contributed by atoms with Crippen molar-refractivity contribution >= 4 is 40.2 Å². The highest BCUT2D eigenvalue weighted by atomic mass is 32.1. The maximum atomic E-state index is 12.2. The maximum absolute atomic E-state index is 12.2. The van der Waals surface area contributed by atoms with Crippen molar-refractivity contribution in [3.63, 3.8) is 0 Å². The van der Waals surface area contributed by atoms with Crippen LogP contribution in [0, 0.1) is 10.1 Å². The first-order valence-corrected chi connectivity index (χ1v) is 9.62. The van der Waals surface area contributed by atoms with Crippen LogP contribution in [0.1, 0.15) is 20.0 Å². The Bertz CT molecular complexity index is 986. The number of nitrogens with one attached hydrogen (secondary N) is 3. The van der Waals surface area contributed by atoms with E-state index in [2.05, 4.69) is 16.0 Å². The van der Waals surface area contributed by atoms with Crippen molar-refractivity contribution in [2.24, 2.45) is 0 Å². The summed E-state index contributed by atoms with van der Waals surface area (Å²) in [4.78, 5) is 35.0. The van der Waals surface area contributed by atoms with Gasteiger partial charge in [0.25, 0.3) is 17.5 Å². The highest BCUT2D eigenvalue weighted by molar-refractivity contribution is 7.12. The fourth-order valence-electron chi connectivity index (χ4n) is 2.49. The smallest absolute Gasteiger partial charge is 0.269 e. The summed E-state index contributed by atoms with van der Waals surface area (Å²) in [5, 5.41) is 21.1. The van der Waals surface area contributed by atoms with Gasteiger partial charge in [0.15, 0.2) is 0 Å². The Hall–Kier alpha value is -3.72. The van der Waals surface area contributed by atoms with E-state index >= 15 is 0 Å². The molecule has 0 radical (unpaired) electrons. The number of nitrogens with zero attached hydrogens (tertiary/aromatic N) is 1. The Kier molecular flexibility index (Phi) is 6.54. The molecule has 8 nitrogen and oxygen atoms in total. The van der Waals surface area contributed by atoms with Gasteiger partial charge >= 0.3 is 0 Å². The Morgan fingerprint density at radius 3 is 2.21 bits per heavy atom. The van der Waals surface area contributed by atoms with E-state index in [1.54, 1.807) is 42.5 Å². The third kappa shape index (κ3) is 5.63. The molecule has 0 atom stereocenters. The van der Waals surface area contributed by atoms with Gasteiger partial charge in [-0.25, -0.2) is 0 Å². The van der Waals surface area contributed by atoms with Crippen molar-refractivity contribution in [2.45, 2.75) is 0 Å². The molecule has 0 fully saturated rings. The second kappa shape index (κ2) is 9.47. The average Bonchev–Trinajstić information content (AvgIpc) is 3.27. The zero-order valence-electron chi connectivity index (χ0n) is 15.3. The molecule has 29 heavy (non-hydrogen) atoms. The second-order valence-corrected chi connectivity index (χ2v) is 6.94. The normalized spacial score (nSPS) is 10.2. The molecule has 1 aromatic heterocycles. The van der Waals surface area contributed by atoms with Crippen molar-refractivity contribution in [3.05, 3.63) is 86.6 Å². The highest BCUT2D eigenvalue weighted by Crippen LogP contribution is 2.15. The molecule has 0 bridgehead atoms. The van der Waals surface area contributed by atoms with Crippen LogP contribution in [0.15, 0.2) is 66.0 Å². The number of carbonyl (C=O) groups is 2. The minimum absolute atomic E-state index is 0.0267. The quantitative estimate of drug-likeness (QED) is 0.297. The molecule has 1 heterocycles. The number of nitro groups is 1. The van der Waals surface area contributed by atoms with Gasteiger partial charge in [0, 0.05) is 42.2 Å². The number of rotatable bonds is 8. The molecule has 0 aliphatic rings. The lowest BCUT2D eigenvalue weighted by molar-refractivity contribution is -0.384. The molecule has 0 aliphatic heterocycles. The molecule has 0 unspecified atom stereocenters. The number of benzene rings is 2. The predicted octanol–water partition coefficient (Wildman–Crippen LogP) is 3.75. The molecule has 0 spiro atoms. The highest BCUT2D eigenvalue weighted by Gasteiger charge is 2.09. The molecule has 3 N–H and O–H groups in total. The van der Waals surface area contributed by atoms with E-state index in [4.69, 9.17) is 0 Å². The third-order valence-electron chi connectivity index (χ3n) is 3.97. The zero-order chi connectivity index (χ0) is 20.6. The molecule has 148 valence electrons. The van der Waals surface area contributed by atoms with Crippen molar-refractivity contribution in [1.29, 1.82) is 0 Å². The van der Waals surface area contributed by atoms with Gasteiger partial charge in [-0.1, -0.05) is 6.07 Å². The fraction of sp³-hybridized carbons (Fsp3) is 0.100. The molecular weight excluding hydrogens is 392 g/mol. The molecule has 2 amide bonds. The van der Waals surface area contributed by atoms with Gasteiger partial charge in [-0.3, -0.25) is 19.7 Å². The van der Waals surface area contributed by atoms with Gasteiger partial charge in [0.05, 0.1) is 9.80 Å². The number of anilines is 2. The lowest BCUT2D eigenvalue weighted by Gasteiger charge is -2.09. The van der Waals surface area contributed by atoms with Gasteiger partial charge < -0.3 is 16.0 Å². The number of nitro benzene ring substituents is 1. The average molecular weight is 410 g/mol. The molecule has 3 aromatic rings. The zero-order valence-corrected chi connectivity index (χ0v) is 16.1. The summed E-state index contributed by atoms with van der Waals surface area (Å²) < 4.78 is 0. The van der Waals surface area contributed by atoms with Crippen molar-refractivity contribution in [2.75, 3.05) is 23.7 Å². The Morgan fingerprint density at radius 1 is 0.897 bits per heavy atom. The molecule has 0 saturated carbocycles. The van der Waals surface area contributed by atoms with Crippen LogP contribution in [0.3, 0.4) is 0 Å². The first-order chi connectivity index (χ1) is 14.0. The SMILES string of the molecule is O=C(NCCNc1ccc([N+](=O)[O-])cc1)c1ccc(NC(=O)c2cccs2)cc1. The summed E-state index contributed by atoms with van der Waals surface area (Å²) in [5.41, 5.74) is 1.85. The fourth-order valence-corrected chi connectivity index (χ4v) is 3.11. The molecular formula is C20H18N4O4S. The van der Waals surface area contributed by atoms with Crippen LogP contribution < -0.4 is 16.0 Å². The monoisotopic (exact) mass is 410 g/mol. The van der Waals surface area contributed by atoms with E-state index in [-0.39, 0.29) is 17.5 Å². The van der Waals surface area contributed by atoms with Gasteiger partial charge in [0.2, 0.25) is 0 Å². The Balaban J connectivity index is 1.43. The van der Waals surface area contributed by atoms with Crippen molar-refractivity contribution in [1.82, 2.24) is 5.32 Å². The lowest BCUT2D eigenvalue weighted by Crippen LogP contribution is -2.28. The first-order valence-electron chi connectivity index (χ1n) is 8.74. The molecule has 0 saturated heterocycles. The maximum Gasteiger partial charge on any atom is 0.269 e. The van der Waals surface area contributed by atoms with Gasteiger partial charge in [0.1, 0.15) is 0 Å². The molecule has 2 aromatic carbocycles. The molecule has 3 rings (SSSR count). The third-order valence-corrected chi connectivity index (χ3v) is 4.84. The van der Waals surface area contributed by atoms with E-state index in [1.807, 2.05) is 11.4 Å². The van der Waals surface area contributed by atoms with Crippen LogP contribution in [0.25, 0.3) is 0 Å². The minimum atomic E-state index is -0.455. The number of non-ortho nitro benzene ring substituents is 1. The van der Waals surface area contributed by atoms with Gasteiger partial charge in [-0.2, -0.15) is 0 Å². The van der Waals surface area contributed by atoms with Crippen LogP contribution in [-0.2, 0) is 0 Å². The molecule has 9 heteroatoms. The number of hydrogen-bond acceptors (Lipinski definition) is 6. The van der Waals surface area contributed by atoms with Crippen molar-refractivity contribution in [3.8, 4) is 0 Å². The van der Waals surface area contributed by atoms with E-state index < -0.39 is 4.92 Å². The van der Waals surface area contributed by atoms with E-state index in [1.165, 1.54) is 23.5 Å². The van der Waals surface area contributed by atoms with E-state index in [0.29, 0.717) is 29.2 Å². The second-order valence-electron chi connectivity index (χ2n) is 6.00. The van der Waals surface area contributed by atoms with Gasteiger partial charge in [-0.15, -0.1) is 11.3 Å². The van der Waals surface area contributed by atoms with Crippen LogP contribution in [0.2, 0.25) is 0 Å². The van der Waals surface area contributed by atoms with E-state index in [0.717, 1.165) is 5.69 Å². The van der Waals surface area contributed by atoms with E-state index in [9.17, 15) is 19.7 Å². The number of carbonyl (C=O) groups excluding carboxylic acids is 2. The van der Waals surface area contributed by atoms with Crippen LogP contribution in [-0.4, -0.2) is 29.8 Å². The summed E-state index contributed by atoms with van der Waals surface area (Å²) in [6.07, 6.45) is 0. The minimum Gasteiger partial charge on any atom is -0.383 e. The Labute approximate surface area is 170 Å². The van der Waals surface area contributed by atoms with Crippen LogP contribution >= 0.6 is 11.3 Å². The van der Waals surface area contributed by atoms with Crippen LogP contribution in [0.5, 0.6) is 0 Å². The van der Waals surface area contributed by atoms with Gasteiger partial charge in [-0.05, 0) is 47.8 Å². The largest absolute Gasteiger partial charge is 0.383 e. The van der Waals surface area contributed by atoms with Crippen LogP contribution in [0.4, 0.5) is 17.1 Å². The standard InChI is InChI=1S/C20H18N4O4S/c25-19(22-12-11-21-15-7-9-17(10-8-15)24(27)28)14-3-5-16(6-4-14)23-20(26)18-2-1-13-29-18/h1-10,13,21H,11-12H2,(H,22,25)(H,23,26). The summed E-state index contributed by atoms with van der Waals surface area (Å²) in [6, 6.07) is 16.2.